The van der Waals surface area contributed by atoms with Crippen molar-refractivity contribution < 1.29 is 14.7 Å². The second-order valence-corrected chi connectivity index (χ2v) is 5.69. The number of aromatic nitrogens is 2. The molecule has 1 aliphatic rings. The average molecular weight is 301 g/mol. The minimum absolute atomic E-state index is 0.0173. The first-order valence-electron chi connectivity index (χ1n) is 7.55. The molecule has 1 amide bonds. The molecule has 1 aliphatic heterocycles. The van der Waals surface area contributed by atoms with Gasteiger partial charge in [-0.3, -0.25) is 9.59 Å². The van der Waals surface area contributed by atoms with E-state index in [4.69, 9.17) is 5.11 Å². The molecule has 3 rings (SSSR count). The standard InChI is InChI=1S/C16H19N3O3/c20-15(18-8-3-4-12(10-18)16(21)22)7-9-19-11-17-13-5-1-2-6-14(13)19/h1-2,5-6,11-12H,3-4,7-10H2,(H,21,22)/t12-/m0/s1. The number of aliphatic carboxylic acids is 1. The highest BCUT2D eigenvalue weighted by atomic mass is 16.4. The summed E-state index contributed by atoms with van der Waals surface area (Å²) in [7, 11) is 0. The molecule has 0 spiro atoms. The van der Waals surface area contributed by atoms with Crippen LogP contribution in [-0.2, 0) is 16.1 Å². The number of carbonyl (C=O) groups is 2. The number of carboxylic acids is 1. The Kier molecular flexibility index (Phi) is 4.09. The zero-order chi connectivity index (χ0) is 15.5. The van der Waals surface area contributed by atoms with E-state index >= 15 is 0 Å². The Morgan fingerprint density at radius 2 is 2.14 bits per heavy atom. The molecule has 1 saturated heterocycles. The van der Waals surface area contributed by atoms with Crippen molar-refractivity contribution >= 4 is 22.9 Å². The number of hydrogen-bond acceptors (Lipinski definition) is 3. The van der Waals surface area contributed by atoms with Crippen LogP contribution in [0.4, 0.5) is 0 Å². The van der Waals surface area contributed by atoms with Crippen LogP contribution in [0.15, 0.2) is 30.6 Å². The Morgan fingerprint density at radius 1 is 1.32 bits per heavy atom. The van der Waals surface area contributed by atoms with Gasteiger partial charge in [-0.2, -0.15) is 0 Å². The Hall–Kier alpha value is -2.37. The van der Waals surface area contributed by atoms with E-state index in [9.17, 15) is 9.59 Å². The second kappa shape index (κ2) is 6.17. The lowest BCUT2D eigenvalue weighted by Gasteiger charge is -2.30. The molecule has 1 fully saturated rings. The lowest BCUT2D eigenvalue weighted by atomic mass is 9.98. The van der Waals surface area contributed by atoms with E-state index in [1.165, 1.54) is 0 Å². The van der Waals surface area contributed by atoms with Crippen LogP contribution in [0.3, 0.4) is 0 Å². The molecule has 2 heterocycles. The number of rotatable bonds is 4. The van der Waals surface area contributed by atoms with Crippen molar-refractivity contribution in [3.05, 3.63) is 30.6 Å². The van der Waals surface area contributed by atoms with Gasteiger partial charge in [-0.05, 0) is 25.0 Å². The zero-order valence-corrected chi connectivity index (χ0v) is 12.3. The highest BCUT2D eigenvalue weighted by Gasteiger charge is 2.27. The number of aryl methyl sites for hydroxylation is 1. The molecule has 1 aromatic carbocycles. The third-order valence-corrected chi connectivity index (χ3v) is 4.22. The second-order valence-electron chi connectivity index (χ2n) is 5.69. The first-order chi connectivity index (χ1) is 10.6. The first kappa shape index (κ1) is 14.6. The quantitative estimate of drug-likeness (QED) is 0.933. The minimum atomic E-state index is -0.807. The maximum absolute atomic E-state index is 12.3. The fourth-order valence-corrected chi connectivity index (χ4v) is 2.97. The molecule has 6 nitrogen and oxygen atoms in total. The summed E-state index contributed by atoms with van der Waals surface area (Å²) >= 11 is 0. The Bertz CT molecular complexity index is 695. The molecule has 1 aromatic heterocycles. The fourth-order valence-electron chi connectivity index (χ4n) is 2.97. The molecular formula is C16H19N3O3. The minimum Gasteiger partial charge on any atom is -0.481 e. The topological polar surface area (TPSA) is 75.4 Å². The molecule has 0 saturated carbocycles. The van der Waals surface area contributed by atoms with Gasteiger partial charge in [0.1, 0.15) is 0 Å². The summed E-state index contributed by atoms with van der Waals surface area (Å²) in [5.74, 6) is -1.21. The molecule has 1 atom stereocenters. The number of nitrogens with zero attached hydrogens (tertiary/aromatic N) is 3. The molecule has 22 heavy (non-hydrogen) atoms. The summed E-state index contributed by atoms with van der Waals surface area (Å²) < 4.78 is 1.96. The van der Waals surface area contributed by atoms with Crippen LogP contribution in [0, 0.1) is 5.92 Å². The largest absolute Gasteiger partial charge is 0.481 e. The van der Waals surface area contributed by atoms with Crippen molar-refractivity contribution in [2.24, 2.45) is 5.92 Å². The van der Waals surface area contributed by atoms with Crippen molar-refractivity contribution in [2.45, 2.75) is 25.8 Å². The Labute approximate surface area is 128 Å². The predicted molar refractivity (Wildman–Crippen MR) is 81.3 cm³/mol. The van der Waals surface area contributed by atoms with Crippen molar-refractivity contribution in [1.29, 1.82) is 0 Å². The van der Waals surface area contributed by atoms with Gasteiger partial charge in [-0.15, -0.1) is 0 Å². The van der Waals surface area contributed by atoms with Crippen LogP contribution in [-0.4, -0.2) is 44.5 Å². The molecule has 0 bridgehead atoms. The first-order valence-corrected chi connectivity index (χ1v) is 7.55. The number of hydrogen-bond donors (Lipinski definition) is 1. The van der Waals surface area contributed by atoms with Crippen molar-refractivity contribution in [3.8, 4) is 0 Å². The Morgan fingerprint density at radius 3 is 2.95 bits per heavy atom. The normalized spacial score (nSPS) is 18.5. The van der Waals surface area contributed by atoms with Crippen LogP contribution >= 0.6 is 0 Å². The van der Waals surface area contributed by atoms with Gasteiger partial charge in [0, 0.05) is 26.1 Å². The van der Waals surface area contributed by atoms with E-state index in [2.05, 4.69) is 4.98 Å². The SMILES string of the molecule is O=C(O)[C@H]1CCCN(C(=O)CCn2cnc3ccccc32)C1. The summed E-state index contributed by atoms with van der Waals surface area (Å²) in [6, 6.07) is 7.80. The van der Waals surface area contributed by atoms with Gasteiger partial charge in [0.25, 0.3) is 0 Å². The van der Waals surface area contributed by atoms with Crippen molar-refractivity contribution in [1.82, 2.24) is 14.5 Å². The summed E-state index contributed by atoms with van der Waals surface area (Å²) in [6.45, 7) is 1.56. The van der Waals surface area contributed by atoms with E-state index in [-0.39, 0.29) is 5.91 Å². The molecule has 2 aromatic rings. The summed E-state index contributed by atoms with van der Waals surface area (Å²) in [5, 5.41) is 9.09. The number of carboxylic acid groups (broad SMARTS) is 1. The molecule has 0 radical (unpaired) electrons. The number of amides is 1. The van der Waals surface area contributed by atoms with E-state index in [1.807, 2.05) is 28.8 Å². The molecular weight excluding hydrogens is 282 g/mol. The van der Waals surface area contributed by atoms with Crippen LogP contribution < -0.4 is 0 Å². The van der Waals surface area contributed by atoms with Gasteiger partial charge >= 0.3 is 5.97 Å². The number of para-hydroxylation sites is 2. The van der Waals surface area contributed by atoms with Gasteiger partial charge in [-0.25, -0.2) is 4.98 Å². The summed E-state index contributed by atoms with van der Waals surface area (Å²) in [6.07, 6.45) is 3.53. The fraction of sp³-hybridized carbons (Fsp3) is 0.438. The summed E-state index contributed by atoms with van der Waals surface area (Å²) in [4.78, 5) is 29.3. The third kappa shape index (κ3) is 2.95. The van der Waals surface area contributed by atoms with Gasteiger partial charge in [0.2, 0.25) is 5.91 Å². The van der Waals surface area contributed by atoms with Crippen LogP contribution in [0.25, 0.3) is 11.0 Å². The molecule has 6 heteroatoms. The maximum atomic E-state index is 12.3. The van der Waals surface area contributed by atoms with E-state index in [0.717, 1.165) is 17.5 Å². The number of piperidine rings is 1. The highest BCUT2D eigenvalue weighted by molar-refractivity contribution is 5.79. The van der Waals surface area contributed by atoms with Crippen molar-refractivity contribution in [2.75, 3.05) is 13.1 Å². The monoisotopic (exact) mass is 301 g/mol. The average Bonchev–Trinajstić information content (AvgIpc) is 2.96. The van der Waals surface area contributed by atoms with Crippen LogP contribution in [0.2, 0.25) is 0 Å². The maximum Gasteiger partial charge on any atom is 0.308 e. The number of benzene rings is 1. The predicted octanol–water partition coefficient (Wildman–Crippen LogP) is 1.75. The summed E-state index contributed by atoms with van der Waals surface area (Å²) in [5.41, 5.74) is 1.93. The molecule has 0 unspecified atom stereocenters. The molecule has 116 valence electrons. The van der Waals surface area contributed by atoms with Gasteiger partial charge in [-0.1, -0.05) is 12.1 Å². The lowest BCUT2D eigenvalue weighted by Crippen LogP contribution is -2.42. The van der Waals surface area contributed by atoms with Gasteiger partial charge < -0.3 is 14.6 Å². The number of imidazole rings is 1. The van der Waals surface area contributed by atoms with E-state index in [1.54, 1.807) is 11.2 Å². The van der Waals surface area contributed by atoms with Crippen LogP contribution in [0.5, 0.6) is 0 Å². The lowest BCUT2D eigenvalue weighted by molar-refractivity contribution is -0.145. The molecule has 0 aliphatic carbocycles. The number of fused-ring (bicyclic) bond motifs is 1. The third-order valence-electron chi connectivity index (χ3n) is 4.22. The van der Waals surface area contributed by atoms with Crippen LogP contribution in [0.1, 0.15) is 19.3 Å². The number of carbonyl (C=O) groups excluding carboxylic acids is 1. The van der Waals surface area contributed by atoms with E-state index < -0.39 is 11.9 Å². The van der Waals surface area contributed by atoms with Gasteiger partial charge in [0.05, 0.1) is 23.3 Å². The van der Waals surface area contributed by atoms with E-state index in [0.29, 0.717) is 32.5 Å². The highest BCUT2D eigenvalue weighted by Crippen LogP contribution is 2.18. The number of likely N-dealkylation sites (tertiary alicyclic amines) is 1. The molecule has 1 N–H and O–H groups in total. The van der Waals surface area contributed by atoms with Gasteiger partial charge in [0.15, 0.2) is 0 Å². The van der Waals surface area contributed by atoms with Crippen molar-refractivity contribution in [3.63, 3.8) is 0 Å². The smallest absolute Gasteiger partial charge is 0.308 e. The zero-order valence-electron chi connectivity index (χ0n) is 12.3. The Balaban J connectivity index is 1.61.